The van der Waals surface area contributed by atoms with Crippen molar-refractivity contribution in [3.05, 3.63) is 46.8 Å². The van der Waals surface area contributed by atoms with E-state index in [1.165, 1.54) is 13.4 Å². The molecular formula is C16H12O6. The minimum absolute atomic E-state index is 0.0185. The Kier molecular flexibility index (Phi) is 3.14. The molecule has 1 heterocycles. The standard InChI is InChI=1S/C16H12O6/c1-21-9-4-2-8(3-5-9)10-7-22-12-6-11(17)15(19)16(20)13(12)14(10)18/h2-7,17,19-20H,1H3. The molecule has 0 saturated carbocycles. The van der Waals surface area contributed by atoms with Gasteiger partial charge in [0.25, 0.3) is 0 Å². The lowest BCUT2D eigenvalue weighted by Crippen LogP contribution is -2.05. The molecule has 0 unspecified atom stereocenters. The van der Waals surface area contributed by atoms with Crippen LogP contribution in [0.25, 0.3) is 22.1 Å². The van der Waals surface area contributed by atoms with Gasteiger partial charge in [-0.1, -0.05) is 12.1 Å². The number of aromatic hydroxyl groups is 3. The molecule has 3 aromatic rings. The summed E-state index contributed by atoms with van der Waals surface area (Å²) < 4.78 is 10.3. The second kappa shape index (κ2) is 5.00. The molecular weight excluding hydrogens is 288 g/mol. The third-order valence-corrected chi connectivity index (χ3v) is 3.39. The van der Waals surface area contributed by atoms with E-state index in [-0.39, 0.29) is 16.5 Å². The minimum atomic E-state index is -0.758. The first-order chi connectivity index (χ1) is 10.5. The van der Waals surface area contributed by atoms with Crippen molar-refractivity contribution in [2.75, 3.05) is 7.11 Å². The Bertz CT molecular complexity index is 909. The van der Waals surface area contributed by atoms with Crippen molar-refractivity contribution in [2.45, 2.75) is 0 Å². The largest absolute Gasteiger partial charge is 0.504 e. The second-order valence-electron chi connectivity index (χ2n) is 4.67. The van der Waals surface area contributed by atoms with Crippen LogP contribution in [0.15, 0.2) is 45.8 Å². The summed E-state index contributed by atoms with van der Waals surface area (Å²) >= 11 is 0. The van der Waals surface area contributed by atoms with Crippen molar-refractivity contribution in [1.82, 2.24) is 0 Å². The average Bonchev–Trinajstić information content (AvgIpc) is 2.53. The van der Waals surface area contributed by atoms with Gasteiger partial charge in [-0.25, -0.2) is 0 Å². The van der Waals surface area contributed by atoms with Crippen molar-refractivity contribution in [3.8, 4) is 34.1 Å². The molecule has 3 N–H and O–H groups in total. The van der Waals surface area contributed by atoms with Crippen LogP contribution in [0.3, 0.4) is 0 Å². The number of phenolic OH excluding ortho intramolecular Hbond substituents is 3. The predicted octanol–water partition coefficient (Wildman–Crippen LogP) is 2.59. The molecule has 2 aromatic carbocycles. The Hall–Kier alpha value is -3.15. The number of ether oxygens (including phenoxy) is 1. The molecule has 0 aliphatic rings. The van der Waals surface area contributed by atoms with Gasteiger partial charge in [-0.05, 0) is 17.7 Å². The van der Waals surface area contributed by atoms with Crippen LogP contribution in [-0.2, 0) is 0 Å². The average molecular weight is 300 g/mol. The number of rotatable bonds is 2. The predicted molar refractivity (Wildman–Crippen MR) is 79.5 cm³/mol. The second-order valence-corrected chi connectivity index (χ2v) is 4.67. The fraction of sp³-hybridized carbons (Fsp3) is 0.0625. The van der Waals surface area contributed by atoms with E-state index >= 15 is 0 Å². The maximum absolute atomic E-state index is 12.5. The molecule has 0 bridgehead atoms. The van der Waals surface area contributed by atoms with Crippen LogP contribution in [0.4, 0.5) is 0 Å². The first-order valence-electron chi connectivity index (χ1n) is 6.36. The molecule has 0 spiro atoms. The summed E-state index contributed by atoms with van der Waals surface area (Å²) in [5.41, 5.74) is 0.258. The Morgan fingerprint density at radius 1 is 1.05 bits per heavy atom. The maximum Gasteiger partial charge on any atom is 0.204 e. The van der Waals surface area contributed by atoms with E-state index in [0.717, 1.165) is 6.07 Å². The van der Waals surface area contributed by atoms with Gasteiger partial charge in [0.2, 0.25) is 11.2 Å². The van der Waals surface area contributed by atoms with Gasteiger partial charge in [0, 0.05) is 6.07 Å². The number of benzene rings is 2. The van der Waals surface area contributed by atoms with Crippen LogP contribution in [0.5, 0.6) is 23.0 Å². The lowest BCUT2D eigenvalue weighted by molar-refractivity contribution is 0.370. The summed E-state index contributed by atoms with van der Waals surface area (Å²) in [5, 5.41) is 28.7. The smallest absolute Gasteiger partial charge is 0.204 e. The topological polar surface area (TPSA) is 100 Å². The zero-order chi connectivity index (χ0) is 15.9. The molecule has 3 rings (SSSR count). The van der Waals surface area contributed by atoms with Gasteiger partial charge >= 0.3 is 0 Å². The highest BCUT2D eigenvalue weighted by molar-refractivity contribution is 5.90. The quantitative estimate of drug-likeness (QED) is 0.629. The first-order valence-corrected chi connectivity index (χ1v) is 6.36. The zero-order valence-corrected chi connectivity index (χ0v) is 11.5. The molecule has 6 nitrogen and oxygen atoms in total. The molecule has 22 heavy (non-hydrogen) atoms. The molecule has 112 valence electrons. The fourth-order valence-corrected chi connectivity index (χ4v) is 2.21. The normalized spacial score (nSPS) is 10.8. The Labute approximate surface area is 124 Å². The van der Waals surface area contributed by atoms with Gasteiger partial charge in [0.1, 0.15) is 23.0 Å². The van der Waals surface area contributed by atoms with E-state index in [2.05, 4.69) is 0 Å². The molecule has 0 fully saturated rings. The highest BCUT2D eigenvalue weighted by Crippen LogP contribution is 2.40. The van der Waals surface area contributed by atoms with E-state index in [1.807, 2.05) is 0 Å². The maximum atomic E-state index is 12.5. The summed E-state index contributed by atoms with van der Waals surface area (Å²) in [5.74, 6) is -1.39. The van der Waals surface area contributed by atoms with Gasteiger partial charge in [0.15, 0.2) is 11.5 Å². The van der Waals surface area contributed by atoms with Gasteiger partial charge < -0.3 is 24.5 Å². The van der Waals surface area contributed by atoms with Crippen molar-refractivity contribution in [2.24, 2.45) is 0 Å². The van der Waals surface area contributed by atoms with Crippen molar-refractivity contribution >= 4 is 11.0 Å². The van der Waals surface area contributed by atoms with Crippen molar-refractivity contribution in [3.63, 3.8) is 0 Å². The van der Waals surface area contributed by atoms with Crippen molar-refractivity contribution < 1.29 is 24.5 Å². The molecule has 0 atom stereocenters. The van der Waals surface area contributed by atoms with Crippen LogP contribution in [0.1, 0.15) is 0 Å². The van der Waals surface area contributed by atoms with E-state index in [1.54, 1.807) is 24.3 Å². The van der Waals surface area contributed by atoms with E-state index in [4.69, 9.17) is 9.15 Å². The Morgan fingerprint density at radius 3 is 2.36 bits per heavy atom. The lowest BCUT2D eigenvalue weighted by atomic mass is 10.0. The molecule has 6 heteroatoms. The number of phenols is 3. The highest BCUT2D eigenvalue weighted by atomic mass is 16.5. The third kappa shape index (κ3) is 2.01. The molecule has 0 aliphatic carbocycles. The van der Waals surface area contributed by atoms with E-state index in [9.17, 15) is 20.1 Å². The van der Waals surface area contributed by atoms with Gasteiger partial charge in [-0.15, -0.1) is 0 Å². The Morgan fingerprint density at radius 2 is 1.73 bits per heavy atom. The van der Waals surface area contributed by atoms with Gasteiger partial charge in [-0.3, -0.25) is 4.79 Å². The molecule has 0 saturated heterocycles. The molecule has 1 aromatic heterocycles. The van der Waals surface area contributed by atoms with Crippen LogP contribution >= 0.6 is 0 Å². The SMILES string of the molecule is COc1ccc(-c2coc3cc(O)c(O)c(O)c3c2=O)cc1. The van der Waals surface area contributed by atoms with Gasteiger partial charge in [-0.2, -0.15) is 0 Å². The molecule has 0 aliphatic heterocycles. The fourth-order valence-electron chi connectivity index (χ4n) is 2.21. The van der Waals surface area contributed by atoms with E-state index < -0.39 is 22.7 Å². The van der Waals surface area contributed by atoms with Gasteiger partial charge in [0.05, 0.1) is 12.7 Å². The van der Waals surface area contributed by atoms with Crippen molar-refractivity contribution in [1.29, 1.82) is 0 Å². The summed E-state index contributed by atoms with van der Waals surface area (Å²) in [4.78, 5) is 12.5. The first kappa shape index (κ1) is 13.8. The molecule has 0 radical (unpaired) electrons. The van der Waals surface area contributed by atoms with Crippen LogP contribution < -0.4 is 10.2 Å². The summed E-state index contributed by atoms with van der Waals surface area (Å²) in [6, 6.07) is 7.80. The lowest BCUT2D eigenvalue weighted by Gasteiger charge is -2.07. The Balaban J connectivity index is 2.28. The monoisotopic (exact) mass is 300 g/mol. The summed E-state index contributed by atoms with van der Waals surface area (Å²) in [7, 11) is 1.53. The summed E-state index contributed by atoms with van der Waals surface area (Å²) in [6.07, 6.45) is 1.24. The van der Waals surface area contributed by atoms with Crippen LogP contribution in [0, 0.1) is 0 Å². The van der Waals surface area contributed by atoms with Crippen LogP contribution in [-0.4, -0.2) is 22.4 Å². The third-order valence-electron chi connectivity index (χ3n) is 3.39. The zero-order valence-electron chi connectivity index (χ0n) is 11.5. The number of methoxy groups -OCH3 is 1. The molecule has 0 amide bonds. The highest BCUT2D eigenvalue weighted by Gasteiger charge is 2.18. The number of fused-ring (bicyclic) bond motifs is 1. The number of hydrogen-bond donors (Lipinski definition) is 3. The number of hydrogen-bond acceptors (Lipinski definition) is 6. The van der Waals surface area contributed by atoms with Crippen LogP contribution in [0.2, 0.25) is 0 Å². The van der Waals surface area contributed by atoms with E-state index in [0.29, 0.717) is 11.3 Å². The minimum Gasteiger partial charge on any atom is -0.504 e. The summed E-state index contributed by atoms with van der Waals surface area (Å²) in [6.45, 7) is 0.